The van der Waals surface area contributed by atoms with Crippen molar-refractivity contribution in [3.05, 3.63) is 58.6 Å². The lowest BCUT2D eigenvalue weighted by atomic mass is 10.2. The summed E-state index contributed by atoms with van der Waals surface area (Å²) in [4.78, 5) is 12.0. The van der Waals surface area contributed by atoms with Crippen molar-refractivity contribution in [3.63, 3.8) is 0 Å². The molecule has 0 bridgehead atoms. The maximum atomic E-state index is 12.8. The molecule has 0 fully saturated rings. The van der Waals surface area contributed by atoms with Crippen molar-refractivity contribution in [1.82, 2.24) is 5.32 Å². The Morgan fingerprint density at radius 3 is 2.52 bits per heavy atom. The Hall–Kier alpha value is -2.30. The summed E-state index contributed by atoms with van der Waals surface area (Å²) < 4.78 is 70.6. The molecule has 1 amide bonds. The third-order valence-electron chi connectivity index (χ3n) is 3.73. The number of hydrogen-bond acceptors (Lipinski definition) is 4. The number of amides is 1. The van der Waals surface area contributed by atoms with Crippen LogP contribution in [0.15, 0.2) is 47.4 Å². The van der Waals surface area contributed by atoms with Crippen molar-refractivity contribution in [1.29, 1.82) is 0 Å². The summed E-state index contributed by atoms with van der Waals surface area (Å²) in [6.07, 6.45) is -4.62. The summed E-state index contributed by atoms with van der Waals surface area (Å²) in [6.45, 7) is 1.92. The SMILES string of the molecule is COCC(C)NC(=O)c1cc(S(=O)(=O)Nc2cccc(C(F)(F)F)c2)ccc1Cl. The average Bonchev–Trinajstić information content (AvgIpc) is 2.61. The number of halogens is 4. The minimum Gasteiger partial charge on any atom is -0.383 e. The highest BCUT2D eigenvalue weighted by Gasteiger charge is 2.31. The largest absolute Gasteiger partial charge is 0.416 e. The Labute approximate surface area is 171 Å². The number of methoxy groups -OCH3 is 1. The zero-order valence-electron chi connectivity index (χ0n) is 15.4. The van der Waals surface area contributed by atoms with E-state index < -0.39 is 27.7 Å². The van der Waals surface area contributed by atoms with Crippen LogP contribution in [0.2, 0.25) is 5.02 Å². The lowest BCUT2D eigenvalue weighted by Crippen LogP contribution is -2.35. The number of carbonyl (C=O) groups is 1. The van der Waals surface area contributed by atoms with Gasteiger partial charge in [-0.2, -0.15) is 13.2 Å². The molecule has 0 aliphatic heterocycles. The molecule has 0 saturated heterocycles. The predicted octanol–water partition coefficient (Wildman–Crippen LogP) is 3.92. The topological polar surface area (TPSA) is 84.5 Å². The first-order chi connectivity index (χ1) is 13.4. The number of rotatable bonds is 7. The molecule has 6 nitrogen and oxygen atoms in total. The lowest BCUT2D eigenvalue weighted by Gasteiger charge is -2.15. The first-order valence-corrected chi connectivity index (χ1v) is 10.1. The van der Waals surface area contributed by atoms with Crippen molar-refractivity contribution in [2.24, 2.45) is 0 Å². The monoisotopic (exact) mass is 450 g/mol. The van der Waals surface area contributed by atoms with Crippen LogP contribution in [0.5, 0.6) is 0 Å². The summed E-state index contributed by atoms with van der Waals surface area (Å²) in [7, 11) is -2.81. The second-order valence-corrected chi connectivity index (χ2v) is 8.25. The summed E-state index contributed by atoms with van der Waals surface area (Å²) in [6, 6.07) is 6.82. The van der Waals surface area contributed by atoms with E-state index in [2.05, 4.69) is 10.0 Å². The van der Waals surface area contributed by atoms with E-state index in [0.717, 1.165) is 24.3 Å². The molecule has 29 heavy (non-hydrogen) atoms. The van der Waals surface area contributed by atoms with Crippen molar-refractivity contribution in [3.8, 4) is 0 Å². The Balaban J connectivity index is 2.31. The van der Waals surface area contributed by atoms with Gasteiger partial charge in [0.1, 0.15) is 0 Å². The van der Waals surface area contributed by atoms with Crippen molar-refractivity contribution in [2.45, 2.75) is 24.0 Å². The quantitative estimate of drug-likeness (QED) is 0.669. The number of anilines is 1. The fourth-order valence-electron chi connectivity index (χ4n) is 2.41. The molecule has 2 N–H and O–H groups in total. The van der Waals surface area contributed by atoms with Crippen LogP contribution in [0.4, 0.5) is 18.9 Å². The van der Waals surface area contributed by atoms with Gasteiger partial charge < -0.3 is 10.1 Å². The smallest absolute Gasteiger partial charge is 0.383 e. The Bertz CT molecular complexity index is 997. The van der Waals surface area contributed by atoms with E-state index in [4.69, 9.17) is 16.3 Å². The van der Waals surface area contributed by atoms with Crippen LogP contribution in [-0.2, 0) is 20.9 Å². The number of hydrogen-bond donors (Lipinski definition) is 2. The summed E-state index contributed by atoms with van der Waals surface area (Å²) >= 11 is 6.00. The van der Waals surface area contributed by atoms with Crippen LogP contribution >= 0.6 is 11.6 Å². The highest BCUT2D eigenvalue weighted by molar-refractivity contribution is 7.92. The first kappa shape index (κ1) is 23.0. The molecule has 1 atom stereocenters. The van der Waals surface area contributed by atoms with E-state index in [9.17, 15) is 26.4 Å². The number of ether oxygens (including phenoxy) is 1. The third-order valence-corrected chi connectivity index (χ3v) is 5.44. The van der Waals surface area contributed by atoms with Gasteiger partial charge in [-0.25, -0.2) is 8.42 Å². The van der Waals surface area contributed by atoms with Gasteiger partial charge in [0.25, 0.3) is 15.9 Å². The van der Waals surface area contributed by atoms with Gasteiger partial charge in [0.15, 0.2) is 0 Å². The Morgan fingerprint density at radius 1 is 1.21 bits per heavy atom. The molecule has 158 valence electrons. The van der Waals surface area contributed by atoms with Crippen LogP contribution in [0.1, 0.15) is 22.8 Å². The van der Waals surface area contributed by atoms with E-state index in [1.165, 1.54) is 19.2 Å². The molecule has 2 aromatic carbocycles. The zero-order valence-corrected chi connectivity index (χ0v) is 17.0. The molecular weight excluding hydrogens is 433 g/mol. The highest BCUT2D eigenvalue weighted by atomic mass is 35.5. The van der Waals surface area contributed by atoms with E-state index in [1.807, 2.05) is 0 Å². The molecule has 0 saturated carbocycles. The molecule has 1 unspecified atom stereocenters. The van der Waals surface area contributed by atoms with Gasteiger partial charge in [-0.15, -0.1) is 0 Å². The molecule has 0 aliphatic carbocycles. The maximum Gasteiger partial charge on any atom is 0.416 e. The molecule has 0 aliphatic rings. The van der Waals surface area contributed by atoms with Gasteiger partial charge in [0, 0.05) is 18.8 Å². The first-order valence-electron chi connectivity index (χ1n) is 8.23. The second-order valence-electron chi connectivity index (χ2n) is 6.16. The van der Waals surface area contributed by atoms with E-state index in [0.29, 0.717) is 6.07 Å². The van der Waals surface area contributed by atoms with Gasteiger partial charge in [-0.3, -0.25) is 9.52 Å². The van der Waals surface area contributed by atoms with Gasteiger partial charge in [-0.05, 0) is 43.3 Å². The number of alkyl halides is 3. The van der Waals surface area contributed by atoms with E-state index in [-0.39, 0.29) is 33.8 Å². The fourth-order valence-corrected chi connectivity index (χ4v) is 3.69. The molecule has 0 aromatic heterocycles. The Kier molecular flexibility index (Phi) is 7.15. The van der Waals surface area contributed by atoms with E-state index >= 15 is 0 Å². The van der Waals surface area contributed by atoms with E-state index in [1.54, 1.807) is 6.92 Å². The summed E-state index contributed by atoms with van der Waals surface area (Å²) in [5.74, 6) is -0.615. The highest BCUT2D eigenvalue weighted by Crippen LogP contribution is 2.31. The number of benzene rings is 2. The molecule has 0 spiro atoms. The van der Waals surface area contributed by atoms with Crippen LogP contribution in [0.25, 0.3) is 0 Å². The van der Waals surface area contributed by atoms with Crippen LogP contribution in [-0.4, -0.2) is 34.1 Å². The summed E-state index contributed by atoms with van der Waals surface area (Å²) in [5, 5.41) is 2.62. The van der Waals surface area contributed by atoms with Gasteiger partial charge in [0.05, 0.1) is 27.7 Å². The number of sulfonamides is 1. The molecule has 2 aromatic rings. The van der Waals surface area contributed by atoms with Gasteiger partial charge >= 0.3 is 6.18 Å². The van der Waals surface area contributed by atoms with Crippen molar-refractivity contribution >= 4 is 33.2 Å². The standard InChI is InChI=1S/C18H18ClF3N2O4S/c1-11(10-28-2)23-17(25)15-9-14(6-7-16(15)19)29(26,27)24-13-5-3-4-12(8-13)18(20,21)22/h3-9,11,24H,10H2,1-2H3,(H,23,25). The zero-order chi connectivity index (χ0) is 21.8. The minimum atomic E-state index is -4.62. The maximum absolute atomic E-state index is 12.8. The van der Waals surface area contributed by atoms with Crippen LogP contribution < -0.4 is 10.0 Å². The average molecular weight is 451 g/mol. The predicted molar refractivity (Wildman–Crippen MR) is 103 cm³/mol. The van der Waals surface area contributed by atoms with Crippen LogP contribution in [0.3, 0.4) is 0 Å². The van der Waals surface area contributed by atoms with Crippen molar-refractivity contribution < 1.29 is 31.1 Å². The van der Waals surface area contributed by atoms with Gasteiger partial charge in [0.2, 0.25) is 0 Å². The van der Waals surface area contributed by atoms with Crippen LogP contribution in [0, 0.1) is 0 Å². The minimum absolute atomic E-state index is 0.0186. The second kappa shape index (κ2) is 9.02. The van der Waals surface area contributed by atoms with Gasteiger partial charge in [-0.1, -0.05) is 17.7 Å². The normalized spacial score (nSPS) is 13.0. The molecule has 0 radical (unpaired) electrons. The third kappa shape index (κ3) is 6.09. The molecular formula is C18H18ClF3N2O4S. The number of carbonyl (C=O) groups excluding carboxylic acids is 1. The fraction of sp³-hybridized carbons (Fsp3) is 0.278. The molecule has 11 heteroatoms. The molecule has 2 rings (SSSR count). The Morgan fingerprint density at radius 2 is 1.90 bits per heavy atom. The summed E-state index contributed by atoms with van der Waals surface area (Å²) in [5.41, 5.74) is -1.36. The van der Waals surface area contributed by atoms with Crippen molar-refractivity contribution in [2.75, 3.05) is 18.4 Å². The lowest BCUT2D eigenvalue weighted by molar-refractivity contribution is -0.137. The number of nitrogens with one attached hydrogen (secondary N) is 2. The molecule has 0 heterocycles.